The fraction of sp³-hybridized carbons (Fsp3) is 0.292. The van der Waals surface area contributed by atoms with Crippen LogP contribution in [0, 0.1) is 0 Å². The number of cyclic esters (lactones) is 1. The second-order valence-electron chi connectivity index (χ2n) is 7.69. The standard InChI is InChI=1S/C24H25N3O4S/c28-23(30-15-20-14-25-16-32-20)27-21(12-18-9-5-2-6-10-18)22-13-19(26-24(29)31-22)11-17-7-3-1-4-8-17/h1-10,14,16,19,21-22H,11-13,15H2,(H,26,29)(H,27,28)/t19?,21-,22?/m0/s1. The molecule has 2 heterocycles. The van der Waals surface area contributed by atoms with E-state index in [2.05, 4.69) is 15.6 Å². The number of aromatic nitrogens is 1. The van der Waals surface area contributed by atoms with E-state index in [4.69, 9.17) is 9.47 Å². The van der Waals surface area contributed by atoms with Gasteiger partial charge in [0.25, 0.3) is 0 Å². The maximum atomic E-state index is 12.5. The van der Waals surface area contributed by atoms with Crippen LogP contribution in [0.25, 0.3) is 0 Å². The summed E-state index contributed by atoms with van der Waals surface area (Å²) in [7, 11) is 0. The van der Waals surface area contributed by atoms with Crippen LogP contribution < -0.4 is 10.6 Å². The Kier molecular flexibility index (Phi) is 7.34. The van der Waals surface area contributed by atoms with Gasteiger partial charge in [-0.3, -0.25) is 4.98 Å². The first-order valence-corrected chi connectivity index (χ1v) is 11.4. The zero-order valence-corrected chi connectivity index (χ0v) is 18.3. The van der Waals surface area contributed by atoms with Crippen LogP contribution in [-0.2, 0) is 28.9 Å². The molecule has 3 aromatic rings. The van der Waals surface area contributed by atoms with Gasteiger partial charge in [-0.2, -0.15) is 0 Å². The predicted molar refractivity (Wildman–Crippen MR) is 121 cm³/mol. The summed E-state index contributed by atoms with van der Waals surface area (Å²) in [5.41, 5.74) is 3.86. The number of carbonyl (C=O) groups is 2. The molecule has 3 atom stereocenters. The van der Waals surface area contributed by atoms with Gasteiger partial charge in [-0.1, -0.05) is 60.7 Å². The minimum absolute atomic E-state index is 0.0862. The SMILES string of the molecule is O=C(N[C@@H](Cc1ccccc1)C1CC(Cc2ccccc2)NC(=O)O1)OCc1cncs1. The molecule has 32 heavy (non-hydrogen) atoms. The number of hydrogen-bond acceptors (Lipinski definition) is 6. The van der Waals surface area contributed by atoms with E-state index in [0.29, 0.717) is 19.3 Å². The van der Waals surface area contributed by atoms with Crippen molar-refractivity contribution in [3.05, 3.63) is 88.4 Å². The highest BCUT2D eigenvalue weighted by molar-refractivity contribution is 7.09. The molecule has 0 saturated carbocycles. The van der Waals surface area contributed by atoms with Crippen LogP contribution in [0.2, 0.25) is 0 Å². The van der Waals surface area contributed by atoms with Crippen molar-refractivity contribution in [3.8, 4) is 0 Å². The molecule has 1 aliphatic rings. The Labute approximate surface area is 190 Å². The van der Waals surface area contributed by atoms with Crippen molar-refractivity contribution in [2.24, 2.45) is 0 Å². The Balaban J connectivity index is 1.44. The number of nitrogens with zero attached hydrogens (tertiary/aromatic N) is 1. The summed E-state index contributed by atoms with van der Waals surface area (Å²) in [6, 6.07) is 19.3. The lowest BCUT2D eigenvalue weighted by molar-refractivity contribution is 0.0342. The first-order chi connectivity index (χ1) is 15.7. The van der Waals surface area contributed by atoms with Gasteiger partial charge in [0.15, 0.2) is 0 Å². The summed E-state index contributed by atoms with van der Waals surface area (Å²) in [5.74, 6) is 0. The molecule has 1 aromatic heterocycles. The first kappa shape index (κ1) is 21.8. The van der Waals surface area contributed by atoms with Crippen molar-refractivity contribution in [1.82, 2.24) is 15.6 Å². The highest BCUT2D eigenvalue weighted by Crippen LogP contribution is 2.20. The summed E-state index contributed by atoms with van der Waals surface area (Å²) in [6.07, 6.45) is 1.96. The summed E-state index contributed by atoms with van der Waals surface area (Å²) in [6.45, 7) is 0.150. The van der Waals surface area contributed by atoms with Gasteiger partial charge < -0.3 is 20.1 Å². The molecule has 2 aromatic carbocycles. The number of rotatable bonds is 8. The molecule has 8 heteroatoms. The van der Waals surface area contributed by atoms with Crippen LogP contribution >= 0.6 is 11.3 Å². The molecule has 7 nitrogen and oxygen atoms in total. The van der Waals surface area contributed by atoms with Crippen molar-refractivity contribution in [3.63, 3.8) is 0 Å². The Morgan fingerprint density at radius 1 is 1.16 bits per heavy atom. The van der Waals surface area contributed by atoms with Gasteiger partial charge in [0.2, 0.25) is 0 Å². The van der Waals surface area contributed by atoms with Gasteiger partial charge in [0, 0.05) is 18.7 Å². The lowest BCUT2D eigenvalue weighted by Crippen LogP contribution is -2.55. The maximum absolute atomic E-state index is 12.5. The molecule has 0 spiro atoms. The minimum atomic E-state index is -0.548. The summed E-state index contributed by atoms with van der Waals surface area (Å²) in [4.78, 5) is 29.7. The molecule has 1 saturated heterocycles. The molecule has 1 aliphatic heterocycles. The van der Waals surface area contributed by atoms with Crippen LogP contribution in [-0.4, -0.2) is 35.4 Å². The summed E-state index contributed by atoms with van der Waals surface area (Å²) < 4.78 is 11.0. The van der Waals surface area contributed by atoms with E-state index in [-0.39, 0.29) is 12.6 Å². The van der Waals surface area contributed by atoms with Crippen molar-refractivity contribution in [2.45, 2.75) is 44.1 Å². The molecule has 2 N–H and O–H groups in total. The van der Waals surface area contributed by atoms with Gasteiger partial charge in [0.1, 0.15) is 12.7 Å². The number of benzene rings is 2. The van der Waals surface area contributed by atoms with E-state index in [1.807, 2.05) is 60.7 Å². The van der Waals surface area contributed by atoms with Crippen LogP contribution in [0.15, 0.2) is 72.4 Å². The van der Waals surface area contributed by atoms with Crippen LogP contribution in [0.3, 0.4) is 0 Å². The third-order valence-corrected chi connectivity index (χ3v) is 6.05. The number of nitrogens with one attached hydrogen (secondary N) is 2. The van der Waals surface area contributed by atoms with E-state index in [9.17, 15) is 9.59 Å². The van der Waals surface area contributed by atoms with Gasteiger partial charge in [-0.15, -0.1) is 11.3 Å². The summed E-state index contributed by atoms with van der Waals surface area (Å²) in [5, 5.41) is 5.82. The normalized spacial score (nSPS) is 18.8. The number of hydrogen-bond donors (Lipinski definition) is 2. The van der Waals surface area contributed by atoms with E-state index in [0.717, 1.165) is 16.0 Å². The highest BCUT2D eigenvalue weighted by Gasteiger charge is 2.35. The quantitative estimate of drug-likeness (QED) is 0.538. The first-order valence-electron chi connectivity index (χ1n) is 10.5. The third kappa shape index (κ3) is 6.31. The van der Waals surface area contributed by atoms with Crippen molar-refractivity contribution in [1.29, 1.82) is 0 Å². The zero-order chi connectivity index (χ0) is 22.2. The smallest absolute Gasteiger partial charge is 0.407 e. The maximum Gasteiger partial charge on any atom is 0.407 e. The van der Waals surface area contributed by atoms with Crippen molar-refractivity contribution in [2.75, 3.05) is 0 Å². The molecule has 1 fully saturated rings. The molecule has 0 bridgehead atoms. The highest BCUT2D eigenvalue weighted by atomic mass is 32.1. The van der Waals surface area contributed by atoms with Crippen LogP contribution in [0.1, 0.15) is 22.4 Å². The van der Waals surface area contributed by atoms with E-state index >= 15 is 0 Å². The third-order valence-electron chi connectivity index (χ3n) is 5.30. The number of carbonyl (C=O) groups excluding carboxylic acids is 2. The summed E-state index contributed by atoms with van der Waals surface area (Å²) >= 11 is 1.42. The topological polar surface area (TPSA) is 89.6 Å². The monoisotopic (exact) mass is 451 g/mol. The van der Waals surface area contributed by atoms with Gasteiger partial charge in [0.05, 0.1) is 16.4 Å². The Hall–Kier alpha value is -3.39. The van der Waals surface area contributed by atoms with Crippen molar-refractivity contribution >= 4 is 23.5 Å². The molecule has 0 aliphatic carbocycles. The second kappa shape index (κ2) is 10.8. The van der Waals surface area contributed by atoms with E-state index in [1.54, 1.807) is 11.7 Å². The number of thiazole rings is 1. The molecule has 4 rings (SSSR count). The average molecular weight is 452 g/mol. The molecule has 2 amide bonds. The zero-order valence-electron chi connectivity index (χ0n) is 17.5. The van der Waals surface area contributed by atoms with E-state index in [1.165, 1.54) is 11.3 Å². The Morgan fingerprint density at radius 2 is 1.88 bits per heavy atom. The number of alkyl carbamates (subject to hydrolysis) is 2. The fourth-order valence-electron chi connectivity index (χ4n) is 3.79. The van der Waals surface area contributed by atoms with Gasteiger partial charge in [-0.25, -0.2) is 9.59 Å². The fourth-order valence-corrected chi connectivity index (χ4v) is 4.30. The molecule has 0 radical (unpaired) electrons. The lowest BCUT2D eigenvalue weighted by atomic mass is 9.93. The largest absolute Gasteiger partial charge is 0.444 e. The van der Waals surface area contributed by atoms with Crippen molar-refractivity contribution < 1.29 is 19.1 Å². The van der Waals surface area contributed by atoms with Gasteiger partial charge >= 0.3 is 12.2 Å². The molecular formula is C24H25N3O4S. The van der Waals surface area contributed by atoms with Crippen LogP contribution in [0.5, 0.6) is 0 Å². The van der Waals surface area contributed by atoms with Gasteiger partial charge in [-0.05, 0) is 24.0 Å². The van der Waals surface area contributed by atoms with Crippen LogP contribution in [0.4, 0.5) is 9.59 Å². The molecule has 166 valence electrons. The Morgan fingerprint density at radius 3 is 2.56 bits per heavy atom. The second-order valence-corrected chi connectivity index (χ2v) is 8.67. The average Bonchev–Trinajstić information content (AvgIpc) is 3.32. The minimum Gasteiger partial charge on any atom is -0.444 e. The molecule has 2 unspecified atom stereocenters. The predicted octanol–water partition coefficient (Wildman–Crippen LogP) is 4.09. The Bertz CT molecular complexity index is 999. The number of ether oxygens (including phenoxy) is 2. The number of amides is 2. The van der Waals surface area contributed by atoms with E-state index < -0.39 is 24.3 Å². The lowest BCUT2D eigenvalue weighted by Gasteiger charge is -2.35. The molecular weight excluding hydrogens is 426 g/mol.